The van der Waals surface area contributed by atoms with Crippen molar-refractivity contribution in [3.8, 4) is 22.4 Å². The van der Waals surface area contributed by atoms with Gasteiger partial charge in [-0.15, -0.1) is 0 Å². The number of nitrogens with one attached hydrogen (secondary N) is 1. The van der Waals surface area contributed by atoms with Gasteiger partial charge in [0.2, 0.25) is 0 Å². The molecule has 158 valence electrons. The number of aromatic nitrogens is 1. The molecule has 1 aliphatic carbocycles. The Hall–Kier alpha value is -2.51. The summed E-state index contributed by atoms with van der Waals surface area (Å²) in [6.45, 7) is 2.08. The van der Waals surface area contributed by atoms with E-state index in [0.717, 1.165) is 64.9 Å². The quantitative estimate of drug-likeness (QED) is 0.624. The van der Waals surface area contributed by atoms with Gasteiger partial charge in [0.25, 0.3) is 5.19 Å². The van der Waals surface area contributed by atoms with Gasteiger partial charge in [-0.2, -0.15) is 4.98 Å². The van der Waals surface area contributed by atoms with Gasteiger partial charge in [0, 0.05) is 12.6 Å². The van der Waals surface area contributed by atoms with Gasteiger partial charge in [0.1, 0.15) is 30.6 Å². The molecule has 7 heteroatoms. The van der Waals surface area contributed by atoms with E-state index in [0.29, 0.717) is 19.3 Å². The van der Waals surface area contributed by atoms with Gasteiger partial charge in [0.05, 0.1) is 11.8 Å². The number of fused-ring (bicyclic) bond motifs is 2. The first kappa shape index (κ1) is 19.5. The highest BCUT2D eigenvalue weighted by atomic mass is 32.1. The van der Waals surface area contributed by atoms with Gasteiger partial charge < -0.3 is 24.3 Å². The molecule has 0 bridgehead atoms. The summed E-state index contributed by atoms with van der Waals surface area (Å²) in [4.78, 5) is 4.64. The molecule has 0 atom stereocenters. The SMILES string of the molecule is COc1cccc2sc(O[C@H]3CC[C@H](NCc4ccc5c(c4)OCCO5)CC3)nc12. The molecule has 1 saturated carbocycles. The summed E-state index contributed by atoms with van der Waals surface area (Å²) >= 11 is 1.59. The average molecular weight is 427 g/mol. The number of rotatable bonds is 6. The van der Waals surface area contributed by atoms with Gasteiger partial charge in [0.15, 0.2) is 11.5 Å². The normalized spacial score (nSPS) is 20.8. The first-order chi connectivity index (χ1) is 14.8. The van der Waals surface area contributed by atoms with Crippen LogP contribution in [0.4, 0.5) is 0 Å². The van der Waals surface area contributed by atoms with Gasteiger partial charge >= 0.3 is 0 Å². The van der Waals surface area contributed by atoms with E-state index in [-0.39, 0.29) is 6.10 Å². The van der Waals surface area contributed by atoms with Crippen LogP contribution in [0.25, 0.3) is 10.2 Å². The van der Waals surface area contributed by atoms with Gasteiger partial charge in [-0.25, -0.2) is 0 Å². The first-order valence-corrected chi connectivity index (χ1v) is 11.3. The van der Waals surface area contributed by atoms with Crippen molar-refractivity contribution in [3.05, 3.63) is 42.0 Å². The lowest BCUT2D eigenvalue weighted by molar-refractivity contribution is 0.139. The molecule has 1 N–H and O–H groups in total. The molecular formula is C23H26N2O4S. The highest BCUT2D eigenvalue weighted by molar-refractivity contribution is 7.20. The van der Waals surface area contributed by atoms with Gasteiger partial charge in [-0.1, -0.05) is 23.5 Å². The molecule has 5 rings (SSSR count). The van der Waals surface area contributed by atoms with Crippen molar-refractivity contribution < 1.29 is 18.9 Å². The molecule has 1 aromatic heterocycles. The lowest BCUT2D eigenvalue weighted by Crippen LogP contribution is -2.35. The van der Waals surface area contributed by atoms with Crippen LogP contribution in [0.3, 0.4) is 0 Å². The Morgan fingerprint density at radius 1 is 1.07 bits per heavy atom. The molecule has 1 fully saturated rings. The summed E-state index contributed by atoms with van der Waals surface area (Å²) in [6, 6.07) is 12.7. The number of nitrogens with zero attached hydrogens (tertiary/aromatic N) is 1. The molecule has 0 saturated heterocycles. The first-order valence-electron chi connectivity index (χ1n) is 10.5. The Morgan fingerprint density at radius 2 is 1.90 bits per heavy atom. The van der Waals surface area contributed by atoms with Crippen LogP contribution in [-0.2, 0) is 6.54 Å². The maximum Gasteiger partial charge on any atom is 0.274 e. The largest absolute Gasteiger partial charge is 0.494 e. The van der Waals surface area contributed by atoms with E-state index >= 15 is 0 Å². The van der Waals surface area contributed by atoms with Crippen LogP contribution in [-0.4, -0.2) is 37.5 Å². The second kappa shape index (κ2) is 8.70. The Labute approximate surface area is 180 Å². The van der Waals surface area contributed by atoms with Crippen molar-refractivity contribution in [3.63, 3.8) is 0 Å². The van der Waals surface area contributed by atoms with Gasteiger partial charge in [-0.05, 0) is 55.5 Å². The van der Waals surface area contributed by atoms with E-state index in [1.54, 1.807) is 18.4 Å². The fraction of sp³-hybridized carbons (Fsp3) is 0.435. The molecular weight excluding hydrogens is 400 g/mol. The summed E-state index contributed by atoms with van der Waals surface area (Å²) in [5.74, 6) is 2.49. The Bertz CT molecular complexity index is 1010. The number of hydrogen-bond donors (Lipinski definition) is 1. The average Bonchev–Trinajstić information content (AvgIpc) is 3.21. The minimum absolute atomic E-state index is 0.226. The fourth-order valence-corrected chi connectivity index (χ4v) is 5.00. The van der Waals surface area contributed by atoms with Crippen LogP contribution in [0.15, 0.2) is 36.4 Å². The van der Waals surface area contributed by atoms with Crippen LogP contribution in [0.1, 0.15) is 31.2 Å². The van der Waals surface area contributed by atoms with Crippen LogP contribution in [0.5, 0.6) is 22.4 Å². The Kier molecular flexibility index (Phi) is 5.64. The van der Waals surface area contributed by atoms with Crippen molar-refractivity contribution in [1.82, 2.24) is 10.3 Å². The monoisotopic (exact) mass is 426 g/mol. The highest BCUT2D eigenvalue weighted by Crippen LogP contribution is 2.35. The topological polar surface area (TPSA) is 61.8 Å². The summed E-state index contributed by atoms with van der Waals surface area (Å²) in [5, 5.41) is 4.42. The van der Waals surface area contributed by atoms with Crippen LogP contribution < -0.4 is 24.3 Å². The highest BCUT2D eigenvalue weighted by Gasteiger charge is 2.23. The third-order valence-electron chi connectivity index (χ3n) is 5.73. The van der Waals surface area contributed by atoms with Crippen molar-refractivity contribution >= 4 is 21.6 Å². The molecule has 0 spiro atoms. The summed E-state index contributed by atoms with van der Waals surface area (Å²) in [7, 11) is 1.67. The fourth-order valence-electron chi connectivity index (χ4n) is 4.11. The number of thiazole rings is 1. The molecule has 30 heavy (non-hydrogen) atoms. The third-order valence-corrected chi connectivity index (χ3v) is 6.64. The summed E-state index contributed by atoms with van der Waals surface area (Å²) in [6.07, 6.45) is 4.49. The summed E-state index contributed by atoms with van der Waals surface area (Å²) in [5.41, 5.74) is 2.11. The van der Waals surface area contributed by atoms with Crippen molar-refractivity contribution in [2.75, 3.05) is 20.3 Å². The number of ether oxygens (including phenoxy) is 4. The second-order valence-electron chi connectivity index (χ2n) is 7.74. The second-order valence-corrected chi connectivity index (χ2v) is 8.73. The summed E-state index contributed by atoms with van der Waals surface area (Å²) < 4.78 is 24.0. The van der Waals surface area contributed by atoms with Crippen molar-refractivity contribution in [2.24, 2.45) is 0 Å². The number of methoxy groups -OCH3 is 1. The predicted molar refractivity (Wildman–Crippen MR) is 117 cm³/mol. The lowest BCUT2D eigenvalue weighted by atomic mass is 9.93. The van der Waals surface area contributed by atoms with Crippen LogP contribution in [0, 0.1) is 0 Å². The molecule has 6 nitrogen and oxygen atoms in total. The molecule has 2 aromatic carbocycles. The van der Waals surface area contributed by atoms with E-state index in [9.17, 15) is 0 Å². The van der Waals surface area contributed by atoms with Crippen LogP contribution >= 0.6 is 11.3 Å². The Balaban J connectivity index is 1.12. The van der Waals surface area contributed by atoms with Crippen molar-refractivity contribution in [1.29, 1.82) is 0 Å². The third kappa shape index (κ3) is 4.18. The zero-order valence-electron chi connectivity index (χ0n) is 17.1. The van der Waals surface area contributed by atoms with E-state index < -0.39 is 0 Å². The maximum absolute atomic E-state index is 6.21. The standard InChI is InChI=1S/C23H26N2O4S/c1-26-19-3-2-4-21-22(19)25-23(30-21)29-17-8-6-16(7-9-17)24-14-15-5-10-18-20(13-15)28-12-11-27-18/h2-5,10,13,16-17,24H,6-9,11-12,14H2,1H3/t16-,17-. The molecule has 3 aromatic rings. The number of para-hydroxylation sites is 1. The minimum atomic E-state index is 0.226. The number of hydrogen-bond acceptors (Lipinski definition) is 7. The predicted octanol–water partition coefficient (Wildman–Crippen LogP) is 4.56. The van der Waals surface area contributed by atoms with E-state index in [1.807, 2.05) is 18.2 Å². The van der Waals surface area contributed by atoms with Gasteiger partial charge in [-0.3, -0.25) is 0 Å². The van der Waals surface area contributed by atoms with E-state index in [2.05, 4.69) is 28.5 Å². The molecule has 0 unspecified atom stereocenters. The molecule has 2 aliphatic rings. The molecule has 2 heterocycles. The van der Waals surface area contributed by atoms with E-state index in [1.165, 1.54) is 5.56 Å². The molecule has 0 radical (unpaired) electrons. The van der Waals surface area contributed by atoms with E-state index in [4.69, 9.17) is 18.9 Å². The molecule has 1 aliphatic heterocycles. The minimum Gasteiger partial charge on any atom is -0.494 e. The lowest BCUT2D eigenvalue weighted by Gasteiger charge is -2.29. The number of benzene rings is 2. The van der Waals surface area contributed by atoms with Crippen LogP contribution in [0.2, 0.25) is 0 Å². The zero-order valence-corrected chi connectivity index (χ0v) is 17.9. The maximum atomic E-state index is 6.21. The zero-order chi connectivity index (χ0) is 20.3. The van der Waals surface area contributed by atoms with Crippen molar-refractivity contribution in [2.45, 2.75) is 44.4 Å². The molecule has 0 amide bonds. The smallest absolute Gasteiger partial charge is 0.274 e. The Morgan fingerprint density at radius 3 is 2.73 bits per heavy atom.